The quantitative estimate of drug-likeness (QED) is 0.418. The van der Waals surface area contributed by atoms with E-state index in [4.69, 9.17) is 21.1 Å². The largest absolute Gasteiger partial charge is 0.483 e. The fraction of sp³-hybridized carbons (Fsp3) is 0.333. The van der Waals surface area contributed by atoms with Gasteiger partial charge in [0.2, 0.25) is 11.8 Å². The van der Waals surface area contributed by atoms with Gasteiger partial charge in [-0.05, 0) is 30.3 Å². The summed E-state index contributed by atoms with van der Waals surface area (Å²) < 4.78 is 52.9. The smallest absolute Gasteiger partial charge is 0.418 e. The zero-order chi connectivity index (χ0) is 29.8. The molecule has 0 bridgehead atoms. The average Bonchev–Trinajstić information content (AvgIpc) is 3.46. The number of halogens is 4. The van der Waals surface area contributed by atoms with E-state index < -0.39 is 51.2 Å². The molecule has 15 heteroatoms. The molecule has 9 nitrogen and oxygen atoms in total. The highest BCUT2D eigenvalue weighted by Crippen LogP contribution is 2.55. The fourth-order valence-corrected chi connectivity index (χ4v) is 8.12. The maximum atomic E-state index is 14.0. The van der Waals surface area contributed by atoms with Crippen LogP contribution in [0, 0.1) is 5.92 Å². The Morgan fingerprint density at radius 2 is 1.83 bits per heavy atom. The molecule has 3 aliphatic heterocycles. The molecular formula is C27H21ClF3N3O6S2. The monoisotopic (exact) mass is 639 g/mol. The van der Waals surface area contributed by atoms with Crippen molar-refractivity contribution in [2.45, 2.75) is 22.4 Å². The number of thiazole rings is 1. The number of fused-ring (bicyclic) bond motifs is 2. The maximum Gasteiger partial charge on any atom is 0.418 e. The summed E-state index contributed by atoms with van der Waals surface area (Å²) in [4.78, 5) is 57.7. The summed E-state index contributed by atoms with van der Waals surface area (Å²) in [7, 11) is 0. The maximum absolute atomic E-state index is 14.0. The zero-order valence-corrected chi connectivity index (χ0v) is 23.9. The summed E-state index contributed by atoms with van der Waals surface area (Å²) in [5.74, 6) is -3.93. The topological polar surface area (TPSA) is 109 Å². The summed E-state index contributed by atoms with van der Waals surface area (Å²) in [6.07, 6.45) is -4.82. The van der Waals surface area contributed by atoms with Gasteiger partial charge in [-0.2, -0.15) is 13.2 Å². The first-order valence-electron chi connectivity index (χ1n) is 12.8. The van der Waals surface area contributed by atoms with Gasteiger partial charge in [-0.3, -0.25) is 19.2 Å². The first-order chi connectivity index (χ1) is 20.0. The predicted octanol–water partition coefficient (Wildman–Crippen LogP) is 4.14. The van der Waals surface area contributed by atoms with E-state index in [9.17, 15) is 32.3 Å². The lowest BCUT2D eigenvalue weighted by molar-refractivity contribution is -0.138. The third-order valence-electron chi connectivity index (χ3n) is 7.30. The van der Waals surface area contributed by atoms with Gasteiger partial charge in [0.05, 0.1) is 35.4 Å². The number of aromatic nitrogens is 1. The number of para-hydroxylation sites is 1. The second kappa shape index (κ2) is 11.1. The molecule has 1 N–H and O–H groups in total. The third-order valence-corrected chi connectivity index (χ3v) is 9.93. The van der Waals surface area contributed by atoms with Gasteiger partial charge in [0.1, 0.15) is 11.0 Å². The Balaban J connectivity index is 1.41. The van der Waals surface area contributed by atoms with E-state index in [1.54, 1.807) is 4.90 Å². The molecule has 0 radical (unpaired) electrons. The summed E-state index contributed by atoms with van der Waals surface area (Å²) >= 11 is 8.12. The number of hydrogen-bond acceptors (Lipinski definition) is 8. The van der Waals surface area contributed by atoms with Crippen molar-refractivity contribution in [1.29, 1.82) is 0 Å². The number of aromatic amines is 1. The SMILES string of the molecule is O=C(COc1ccc(Cl)cc1[C@H]1c2sc(=O)[nH]c2SC2C(=O)N(c3ccccc3C(F)(F)F)C(=O)C21)N1CCOCC1. The van der Waals surface area contributed by atoms with E-state index in [2.05, 4.69) is 4.98 Å². The van der Waals surface area contributed by atoms with Gasteiger partial charge in [-0.15, -0.1) is 0 Å². The predicted molar refractivity (Wildman–Crippen MR) is 148 cm³/mol. The van der Waals surface area contributed by atoms with Gasteiger partial charge in [0.25, 0.3) is 5.91 Å². The highest BCUT2D eigenvalue weighted by Gasteiger charge is 2.57. The van der Waals surface area contributed by atoms with Crippen LogP contribution in [0.1, 0.15) is 21.9 Å². The van der Waals surface area contributed by atoms with E-state index in [-0.39, 0.29) is 23.3 Å². The molecule has 0 saturated carbocycles. The highest BCUT2D eigenvalue weighted by molar-refractivity contribution is 8.00. The third kappa shape index (κ3) is 5.10. The first kappa shape index (κ1) is 28.8. The number of alkyl halides is 3. The Morgan fingerprint density at radius 3 is 2.57 bits per heavy atom. The van der Waals surface area contributed by atoms with E-state index in [0.717, 1.165) is 35.2 Å². The number of carbonyl (C=O) groups is 3. The highest BCUT2D eigenvalue weighted by atomic mass is 35.5. The standard InChI is InChI=1S/C27H21ClF3N3O6S2/c28-13-5-6-17(40-12-18(35)33-7-9-39-10-8-33)14(11-13)19-20-22(41-23-21(19)42-26(38)32-23)25(37)34(24(20)36)16-4-2-1-3-15(16)27(29,30)31/h1-6,11,19-20,22H,7-10,12H2,(H,32,38)/t19-,20?,22?/m1/s1. The molecule has 3 atom stereocenters. The molecule has 0 spiro atoms. The lowest BCUT2D eigenvalue weighted by Crippen LogP contribution is -2.43. The number of nitrogens with zero attached hydrogens (tertiary/aromatic N) is 2. The van der Waals surface area contributed by atoms with Crippen LogP contribution in [0.4, 0.5) is 18.9 Å². The van der Waals surface area contributed by atoms with Crippen LogP contribution in [0.25, 0.3) is 0 Å². The van der Waals surface area contributed by atoms with Crippen LogP contribution in [0.2, 0.25) is 5.02 Å². The van der Waals surface area contributed by atoms with Crippen molar-refractivity contribution in [3.8, 4) is 5.75 Å². The van der Waals surface area contributed by atoms with E-state index >= 15 is 0 Å². The van der Waals surface area contributed by atoms with Crippen LogP contribution in [0.5, 0.6) is 5.75 Å². The van der Waals surface area contributed by atoms with Crippen LogP contribution in [-0.2, 0) is 25.3 Å². The van der Waals surface area contributed by atoms with Crippen LogP contribution in [0.15, 0.2) is 52.3 Å². The molecule has 2 aromatic carbocycles. The number of nitrogens with one attached hydrogen (secondary N) is 1. The number of ether oxygens (including phenoxy) is 2. The number of thioether (sulfide) groups is 1. The molecule has 0 aliphatic carbocycles. The van der Waals surface area contributed by atoms with Gasteiger partial charge in [-0.1, -0.05) is 46.8 Å². The average molecular weight is 640 g/mol. The minimum absolute atomic E-state index is 0.192. The number of benzene rings is 2. The lowest BCUT2D eigenvalue weighted by Gasteiger charge is -2.31. The molecule has 4 heterocycles. The normalized spacial score (nSPS) is 22.2. The Labute approximate surface area is 249 Å². The molecule has 3 amide bonds. The molecule has 220 valence electrons. The van der Waals surface area contributed by atoms with Crippen molar-refractivity contribution >= 4 is 58.1 Å². The van der Waals surface area contributed by atoms with E-state index in [0.29, 0.717) is 46.7 Å². The van der Waals surface area contributed by atoms with Crippen LogP contribution < -0.4 is 14.5 Å². The van der Waals surface area contributed by atoms with Crippen molar-refractivity contribution in [2.24, 2.45) is 5.92 Å². The van der Waals surface area contributed by atoms with Crippen LogP contribution in [-0.4, -0.2) is 65.8 Å². The molecule has 3 aliphatic rings. The number of morpholine rings is 1. The second-order valence-electron chi connectivity index (χ2n) is 9.74. The van der Waals surface area contributed by atoms with Gasteiger partial charge in [-0.25, -0.2) is 4.90 Å². The molecule has 3 aromatic rings. The first-order valence-corrected chi connectivity index (χ1v) is 14.8. The summed E-state index contributed by atoms with van der Waals surface area (Å²) in [5, 5.41) is -0.547. The number of amides is 3. The number of hydrogen-bond donors (Lipinski definition) is 1. The summed E-state index contributed by atoms with van der Waals surface area (Å²) in [6, 6.07) is 8.96. The van der Waals surface area contributed by atoms with Crippen molar-refractivity contribution < 1.29 is 37.0 Å². The van der Waals surface area contributed by atoms with Crippen molar-refractivity contribution in [3.63, 3.8) is 0 Å². The molecule has 42 heavy (non-hydrogen) atoms. The number of rotatable bonds is 5. The Kier molecular flexibility index (Phi) is 7.58. The second-order valence-corrected chi connectivity index (χ2v) is 12.3. The van der Waals surface area contributed by atoms with Gasteiger partial charge in [0, 0.05) is 34.5 Å². The Morgan fingerprint density at radius 1 is 1.10 bits per heavy atom. The van der Waals surface area contributed by atoms with Crippen molar-refractivity contribution in [3.05, 3.63) is 73.2 Å². The molecular weight excluding hydrogens is 619 g/mol. The van der Waals surface area contributed by atoms with Crippen molar-refractivity contribution in [2.75, 3.05) is 37.8 Å². The molecule has 2 unspecified atom stereocenters. The summed E-state index contributed by atoms with van der Waals surface area (Å²) in [6.45, 7) is 1.29. The number of anilines is 1. The Bertz CT molecular complexity index is 1640. The summed E-state index contributed by atoms with van der Waals surface area (Å²) in [5.41, 5.74) is -1.36. The fourth-order valence-electron chi connectivity index (χ4n) is 5.44. The minimum Gasteiger partial charge on any atom is -0.483 e. The van der Waals surface area contributed by atoms with Crippen LogP contribution in [0.3, 0.4) is 0 Å². The molecule has 1 aromatic heterocycles. The Hall–Kier alpha value is -3.33. The molecule has 2 saturated heterocycles. The van der Waals surface area contributed by atoms with Gasteiger partial charge in [0.15, 0.2) is 6.61 Å². The zero-order valence-electron chi connectivity index (χ0n) is 21.5. The number of carbonyl (C=O) groups excluding carboxylic acids is 3. The van der Waals surface area contributed by atoms with E-state index in [1.165, 1.54) is 30.3 Å². The van der Waals surface area contributed by atoms with Crippen LogP contribution >= 0.6 is 34.7 Å². The number of imide groups is 1. The van der Waals surface area contributed by atoms with Gasteiger partial charge >= 0.3 is 11.0 Å². The lowest BCUT2D eigenvalue weighted by atomic mass is 9.82. The molecule has 6 rings (SSSR count). The molecule has 2 fully saturated rings. The van der Waals surface area contributed by atoms with Gasteiger partial charge < -0.3 is 19.4 Å². The van der Waals surface area contributed by atoms with Crippen molar-refractivity contribution in [1.82, 2.24) is 9.88 Å². The minimum atomic E-state index is -4.82. The number of H-pyrrole nitrogens is 1. The van der Waals surface area contributed by atoms with E-state index in [1.807, 2.05) is 0 Å².